The molecule has 12 rings (SSSR count). The van der Waals surface area contributed by atoms with Gasteiger partial charge in [0.25, 0.3) is 0 Å². The number of ether oxygens (including phenoxy) is 12. The number of rotatable bonds is 42. The molecule has 6 aromatic carbocycles. The third-order valence-electron chi connectivity index (χ3n) is 25.3. The van der Waals surface area contributed by atoms with Crippen molar-refractivity contribution in [2.75, 3.05) is 192 Å². The molecule has 768 valence electrons. The Morgan fingerprint density at radius 1 is 0.246 bits per heavy atom. The Morgan fingerprint density at radius 2 is 0.457 bits per heavy atom. The van der Waals surface area contributed by atoms with E-state index < -0.39 is 0 Å². The van der Waals surface area contributed by atoms with Gasteiger partial charge in [-0.15, -0.1) is 0 Å². The number of nitrogen functional groups attached to an aromatic ring is 6. The number of benzene rings is 6. The second-order valence-electron chi connectivity index (χ2n) is 36.8. The molecule has 0 unspecified atom stereocenters. The Labute approximate surface area is 823 Å². The van der Waals surface area contributed by atoms with Crippen molar-refractivity contribution >= 4 is 69.9 Å². The lowest BCUT2D eigenvalue weighted by molar-refractivity contribution is 0.0336. The Balaban J connectivity index is 0.000000225. The number of likely N-dealkylation sites (tertiary alicyclic amines) is 6. The van der Waals surface area contributed by atoms with E-state index in [2.05, 4.69) is 84.8 Å². The molecule has 0 radical (unpaired) electrons. The zero-order valence-electron chi connectivity index (χ0n) is 85.3. The molecule has 6 atom stereocenters. The van der Waals surface area contributed by atoms with Crippen LogP contribution in [0.4, 0.5) is 34.1 Å². The highest BCUT2D eigenvalue weighted by Gasteiger charge is 2.28. The first-order valence-corrected chi connectivity index (χ1v) is 51.3. The van der Waals surface area contributed by atoms with E-state index in [1.165, 1.54) is 116 Å². The van der Waals surface area contributed by atoms with Gasteiger partial charge in [-0.1, -0.05) is 79.1 Å². The number of anilines is 6. The molecule has 12 N–H and O–H groups in total. The minimum Gasteiger partial charge on any atom is -0.493 e. The fourth-order valence-corrected chi connectivity index (χ4v) is 16.7. The van der Waals surface area contributed by atoms with Gasteiger partial charge < -0.3 is 91.2 Å². The minimum atomic E-state index is -0.354. The highest BCUT2D eigenvalue weighted by molar-refractivity contribution is 5.95. The third kappa shape index (κ3) is 41.1. The molecule has 0 aromatic heterocycles. The van der Waals surface area contributed by atoms with Crippen LogP contribution < -0.4 is 62.8 Å². The first kappa shape index (κ1) is 114. The van der Waals surface area contributed by atoms with Crippen LogP contribution in [-0.2, 0) is 28.4 Å². The number of hydrogen-bond acceptors (Lipinski definition) is 30. The Morgan fingerprint density at radius 3 is 0.696 bits per heavy atom. The summed E-state index contributed by atoms with van der Waals surface area (Å²) in [6.07, 6.45) is 28.3. The van der Waals surface area contributed by atoms with E-state index in [1.807, 2.05) is 27.7 Å². The van der Waals surface area contributed by atoms with E-state index in [1.54, 1.807) is 109 Å². The van der Waals surface area contributed by atoms with Crippen molar-refractivity contribution in [1.29, 1.82) is 0 Å². The SMILES string of the molecule is CCCCOc1cc(C(=O)OC[C@H](C)N2CCCCC2)ccc1N.CCCCOc1cc(N)ccc1C(=O)OC[C@H](C)N1CCCCC1.CCCOc1cc(C(=O)OC[C@H](C)N2CCCCC2)ccc1N.CCCOc1cc(N)ccc1C(=O)OC[C@H](C)N1CCCCC1.CCOc1cc(C(=O)OC[C@H](C)N2CCCCC2)ccc1N.CCOc1cc(N)ccc1C(=O)OC[C@H](C)N1CCCCC1. The number of unbranched alkanes of at least 4 members (excludes halogenated alkanes) is 2. The molecule has 30 heteroatoms. The number of hydrogen-bond donors (Lipinski definition) is 6. The Bertz CT molecular complexity index is 4530. The van der Waals surface area contributed by atoms with Gasteiger partial charge in [0.2, 0.25) is 0 Å². The van der Waals surface area contributed by atoms with E-state index in [9.17, 15) is 28.8 Å². The van der Waals surface area contributed by atoms with Gasteiger partial charge in [0.05, 0.1) is 73.4 Å². The molecule has 0 amide bonds. The maximum Gasteiger partial charge on any atom is 0.341 e. The summed E-state index contributed by atoms with van der Waals surface area (Å²) < 4.78 is 66.3. The van der Waals surface area contributed by atoms with Crippen LogP contribution in [0.2, 0.25) is 0 Å². The summed E-state index contributed by atoms with van der Waals surface area (Å²) in [6, 6.07) is 31.7. The molecule has 6 fully saturated rings. The van der Waals surface area contributed by atoms with Crippen molar-refractivity contribution in [3.63, 3.8) is 0 Å². The molecule has 0 aliphatic carbocycles. The first-order valence-electron chi connectivity index (χ1n) is 51.3. The molecule has 0 bridgehead atoms. The molecule has 0 spiro atoms. The van der Waals surface area contributed by atoms with Gasteiger partial charge in [0.1, 0.15) is 90.8 Å². The van der Waals surface area contributed by atoms with Crippen LogP contribution in [0.5, 0.6) is 34.5 Å². The van der Waals surface area contributed by atoms with Crippen molar-refractivity contribution in [3.8, 4) is 34.5 Å². The first-order chi connectivity index (χ1) is 66.7. The van der Waals surface area contributed by atoms with Gasteiger partial charge in [-0.05, 0) is 328 Å². The number of esters is 6. The van der Waals surface area contributed by atoms with Gasteiger partial charge in [0, 0.05) is 71.5 Å². The zero-order chi connectivity index (χ0) is 99.9. The number of piperidine rings is 6. The molecular weight excluding hydrogens is 1750 g/mol. The Kier molecular flexibility index (Phi) is 53.7. The summed E-state index contributed by atoms with van der Waals surface area (Å²) in [4.78, 5) is 88.1. The highest BCUT2D eigenvalue weighted by atomic mass is 16.6. The van der Waals surface area contributed by atoms with Crippen molar-refractivity contribution in [3.05, 3.63) is 143 Å². The molecule has 6 aromatic rings. The average molecular weight is 1920 g/mol. The number of carbonyl (C=O) groups excluding carboxylic acids is 6. The summed E-state index contributed by atoms with van der Waals surface area (Å²) in [6.45, 7) is 43.4. The van der Waals surface area contributed by atoms with Crippen molar-refractivity contribution in [1.82, 2.24) is 29.4 Å². The Hall–Kier alpha value is -10.5. The van der Waals surface area contributed by atoms with Crippen LogP contribution in [0.25, 0.3) is 0 Å². The predicted octanol–water partition coefficient (Wildman–Crippen LogP) is 18.5. The number of nitrogens with zero attached hydrogens (tertiary/aromatic N) is 6. The summed E-state index contributed by atoms with van der Waals surface area (Å²) in [5, 5.41) is 0. The topological polar surface area (TPSA) is 389 Å². The summed E-state index contributed by atoms with van der Waals surface area (Å²) in [7, 11) is 0. The molecular formula is C108H168N12O18. The lowest BCUT2D eigenvalue weighted by Gasteiger charge is -2.31. The maximum absolute atomic E-state index is 12.4. The largest absolute Gasteiger partial charge is 0.493 e. The molecule has 6 saturated heterocycles. The molecule has 6 heterocycles. The summed E-state index contributed by atoms with van der Waals surface area (Å²) in [5.74, 6) is 1.12. The molecule has 6 aliphatic heterocycles. The monoisotopic (exact) mass is 1920 g/mol. The minimum absolute atomic E-state index is 0.243. The van der Waals surface area contributed by atoms with Gasteiger partial charge in [0.15, 0.2) is 0 Å². The van der Waals surface area contributed by atoms with Crippen molar-refractivity contribution in [2.24, 2.45) is 0 Å². The number of nitrogens with two attached hydrogens (primary N) is 6. The fourth-order valence-electron chi connectivity index (χ4n) is 16.7. The van der Waals surface area contributed by atoms with Gasteiger partial charge in [-0.25, -0.2) is 28.8 Å². The van der Waals surface area contributed by atoms with Crippen LogP contribution in [-0.4, -0.2) is 259 Å². The second-order valence-corrected chi connectivity index (χ2v) is 36.8. The van der Waals surface area contributed by atoms with Gasteiger partial charge in [-0.3, -0.25) is 29.4 Å². The van der Waals surface area contributed by atoms with E-state index in [0.717, 1.165) is 117 Å². The predicted molar refractivity (Wildman–Crippen MR) is 551 cm³/mol. The van der Waals surface area contributed by atoms with Gasteiger partial charge in [-0.2, -0.15) is 0 Å². The van der Waals surface area contributed by atoms with E-state index in [-0.39, 0.29) is 72.1 Å². The second kappa shape index (κ2) is 64.7. The molecule has 138 heavy (non-hydrogen) atoms. The summed E-state index contributed by atoms with van der Waals surface area (Å²) in [5.41, 5.74) is 41.0. The maximum atomic E-state index is 12.4. The highest BCUT2D eigenvalue weighted by Crippen LogP contribution is 2.32. The van der Waals surface area contributed by atoms with Crippen LogP contribution in [0.15, 0.2) is 109 Å². The van der Waals surface area contributed by atoms with Gasteiger partial charge >= 0.3 is 35.8 Å². The van der Waals surface area contributed by atoms with E-state index in [4.69, 9.17) is 91.2 Å². The smallest absolute Gasteiger partial charge is 0.341 e. The van der Waals surface area contributed by atoms with Crippen LogP contribution >= 0.6 is 0 Å². The van der Waals surface area contributed by atoms with Crippen LogP contribution in [0.1, 0.15) is 299 Å². The lowest BCUT2D eigenvalue weighted by atomic mass is 10.1. The summed E-state index contributed by atoms with van der Waals surface area (Å²) >= 11 is 0. The lowest BCUT2D eigenvalue weighted by Crippen LogP contribution is -2.40. The fraction of sp³-hybridized carbons (Fsp3) is 0.611. The van der Waals surface area contributed by atoms with E-state index >= 15 is 0 Å². The molecule has 30 nitrogen and oxygen atoms in total. The van der Waals surface area contributed by atoms with Crippen LogP contribution in [0, 0.1) is 0 Å². The third-order valence-corrected chi connectivity index (χ3v) is 25.3. The normalized spacial score (nSPS) is 16.8. The standard InChI is InChI=1S/2C19H30N2O3.2C18H28N2O3.2C17H26N2O3/c1-3-4-12-23-18-13-16(20)8-9-17(18)19(22)24-14-15(2)21-10-6-5-7-11-21;1-3-4-12-23-18-13-16(8-9-17(18)20)19(22)24-14-15(2)21-10-6-5-7-11-21;1-3-11-22-17-12-15(19)7-8-16(17)18(21)23-13-14(2)20-9-5-4-6-10-20;1-3-11-22-17-12-15(7-8-16(17)19)18(21)23-13-14(2)20-9-5-4-6-10-20;1-3-21-16-11-14(18)7-8-15(16)17(20)22-12-13(2)19-9-5-4-6-10-19;1-3-21-16-11-14(7-8-15(16)18)17(20)22-12-13(2)19-9-5-4-6-10-19/h2*8-9,13,15H,3-7,10-12,14,20H2,1-2H3;2*7-8,12,14H,3-6,9-11,13,19H2,1-2H3;2*7-8,11,13H,3-6,9-10,12,18H2,1-2H3/t2*15-;2*14-;2*13-/m000000/s1. The van der Waals surface area contributed by atoms with Crippen LogP contribution in [0.3, 0.4) is 0 Å². The van der Waals surface area contributed by atoms with Crippen molar-refractivity contribution < 1.29 is 85.6 Å². The number of carbonyl (C=O) groups is 6. The quantitative estimate of drug-likeness (QED) is 0.00897. The van der Waals surface area contributed by atoms with E-state index in [0.29, 0.717) is 181 Å². The molecule has 0 saturated carbocycles. The zero-order valence-corrected chi connectivity index (χ0v) is 85.3. The van der Waals surface area contributed by atoms with Crippen molar-refractivity contribution in [2.45, 2.75) is 273 Å². The average Bonchev–Trinajstić information content (AvgIpc) is 0.858. The molecule has 6 aliphatic rings.